The van der Waals surface area contributed by atoms with Gasteiger partial charge in [0.15, 0.2) is 0 Å². The molecule has 1 atom stereocenters. The minimum atomic E-state index is -0.378. The number of carbonyl (C=O) groups is 1. The van der Waals surface area contributed by atoms with E-state index in [1.54, 1.807) is 0 Å². The molecule has 0 aliphatic heterocycles. The Balaban J connectivity index is 2.19. The lowest BCUT2D eigenvalue weighted by molar-refractivity contribution is -0.114. The number of rotatable bonds is 15. The Morgan fingerprint density at radius 1 is 0.880 bits per heavy atom. The van der Waals surface area contributed by atoms with Gasteiger partial charge in [0, 0.05) is 11.5 Å². The minimum absolute atomic E-state index is 0.0669. The van der Waals surface area contributed by atoms with Crippen LogP contribution in [0.25, 0.3) is 0 Å². The fourth-order valence-corrected chi connectivity index (χ4v) is 3.41. The van der Waals surface area contributed by atoms with Crippen LogP contribution in [-0.2, 0) is 4.79 Å². The molecule has 0 radical (unpaired) electrons. The molecule has 1 rings (SSSR count). The summed E-state index contributed by atoms with van der Waals surface area (Å²) in [6.07, 6.45) is 15.6. The second-order valence-electron chi connectivity index (χ2n) is 7.18. The molecule has 2 heteroatoms. The van der Waals surface area contributed by atoms with E-state index in [-0.39, 0.29) is 11.8 Å². The van der Waals surface area contributed by atoms with Crippen LogP contribution < -0.4 is 5.73 Å². The number of hydrogen-bond acceptors (Lipinski definition) is 1. The standard InChI is InChI=1S/C23H37NO/c1-3-4-5-6-7-8-9-10-11-12-16-19-22(20(2)23(24)25)21-17-14-13-15-18-21/h13-15,17-18,22H,2-12,16,19H2,1H3,(H2,24,25). The van der Waals surface area contributed by atoms with E-state index in [9.17, 15) is 4.79 Å². The molecule has 0 aliphatic carbocycles. The van der Waals surface area contributed by atoms with Crippen molar-refractivity contribution in [3.63, 3.8) is 0 Å². The summed E-state index contributed by atoms with van der Waals surface area (Å²) in [5.41, 5.74) is 7.16. The van der Waals surface area contributed by atoms with Gasteiger partial charge in [0.1, 0.15) is 0 Å². The second kappa shape index (κ2) is 13.7. The third-order valence-corrected chi connectivity index (χ3v) is 5.04. The molecule has 1 amide bonds. The maximum absolute atomic E-state index is 11.5. The van der Waals surface area contributed by atoms with E-state index in [2.05, 4.69) is 25.6 Å². The molecule has 1 unspecified atom stereocenters. The highest BCUT2D eigenvalue weighted by Crippen LogP contribution is 2.29. The molecule has 0 saturated heterocycles. The quantitative estimate of drug-likeness (QED) is 0.286. The SMILES string of the molecule is C=C(C(N)=O)C(CCCCCCCCCCCCC)c1ccccc1. The minimum Gasteiger partial charge on any atom is -0.366 e. The first-order valence-corrected chi connectivity index (χ1v) is 10.2. The van der Waals surface area contributed by atoms with Crippen molar-refractivity contribution < 1.29 is 4.79 Å². The van der Waals surface area contributed by atoms with Crippen LogP contribution in [0.5, 0.6) is 0 Å². The smallest absolute Gasteiger partial charge is 0.244 e. The maximum atomic E-state index is 11.5. The predicted molar refractivity (Wildman–Crippen MR) is 109 cm³/mol. The summed E-state index contributed by atoms with van der Waals surface area (Å²) in [7, 11) is 0. The summed E-state index contributed by atoms with van der Waals surface area (Å²) in [5.74, 6) is -0.311. The van der Waals surface area contributed by atoms with Crippen LogP contribution in [0, 0.1) is 0 Å². The Hall–Kier alpha value is -1.57. The fraction of sp³-hybridized carbons (Fsp3) is 0.609. The van der Waals surface area contributed by atoms with Gasteiger partial charge in [-0.25, -0.2) is 0 Å². The van der Waals surface area contributed by atoms with Crippen LogP contribution in [0.3, 0.4) is 0 Å². The molecular weight excluding hydrogens is 306 g/mol. The van der Waals surface area contributed by atoms with Gasteiger partial charge in [-0.15, -0.1) is 0 Å². The van der Waals surface area contributed by atoms with E-state index in [1.165, 1.54) is 64.2 Å². The van der Waals surface area contributed by atoms with Crippen LogP contribution in [-0.4, -0.2) is 5.91 Å². The molecule has 0 bridgehead atoms. The average Bonchev–Trinajstić information content (AvgIpc) is 2.63. The Morgan fingerprint density at radius 2 is 1.36 bits per heavy atom. The first kappa shape index (κ1) is 21.5. The number of primary amides is 1. The normalized spacial score (nSPS) is 12.0. The Morgan fingerprint density at radius 3 is 1.84 bits per heavy atom. The van der Waals surface area contributed by atoms with Gasteiger partial charge in [-0.05, 0) is 12.0 Å². The zero-order chi connectivity index (χ0) is 18.3. The highest BCUT2D eigenvalue weighted by atomic mass is 16.1. The number of carbonyl (C=O) groups excluding carboxylic acids is 1. The molecular formula is C23H37NO. The summed E-state index contributed by atoms with van der Waals surface area (Å²) in [4.78, 5) is 11.5. The largest absolute Gasteiger partial charge is 0.366 e. The van der Waals surface area contributed by atoms with E-state index >= 15 is 0 Å². The number of amides is 1. The molecule has 2 N–H and O–H groups in total. The number of benzene rings is 1. The van der Waals surface area contributed by atoms with Crippen LogP contribution in [0.2, 0.25) is 0 Å². The van der Waals surface area contributed by atoms with Gasteiger partial charge in [0.05, 0.1) is 0 Å². The number of hydrogen-bond donors (Lipinski definition) is 1. The van der Waals surface area contributed by atoms with Crippen LogP contribution in [0.1, 0.15) is 95.5 Å². The molecule has 140 valence electrons. The van der Waals surface area contributed by atoms with E-state index in [0.717, 1.165) is 18.4 Å². The molecule has 0 heterocycles. The van der Waals surface area contributed by atoms with Crippen molar-refractivity contribution in [2.24, 2.45) is 5.73 Å². The third kappa shape index (κ3) is 9.48. The third-order valence-electron chi connectivity index (χ3n) is 5.04. The first-order chi connectivity index (χ1) is 12.2. The lowest BCUT2D eigenvalue weighted by Crippen LogP contribution is -2.18. The van der Waals surface area contributed by atoms with Crippen molar-refractivity contribution in [2.75, 3.05) is 0 Å². The molecule has 1 aromatic carbocycles. The molecule has 25 heavy (non-hydrogen) atoms. The summed E-state index contributed by atoms with van der Waals surface area (Å²) in [6.45, 7) is 6.19. The highest BCUT2D eigenvalue weighted by molar-refractivity contribution is 5.92. The Labute approximate surface area is 154 Å². The average molecular weight is 344 g/mol. The van der Waals surface area contributed by atoms with Crippen molar-refractivity contribution in [3.05, 3.63) is 48.0 Å². The van der Waals surface area contributed by atoms with Crippen molar-refractivity contribution in [1.29, 1.82) is 0 Å². The van der Waals surface area contributed by atoms with Crippen LogP contribution >= 0.6 is 0 Å². The van der Waals surface area contributed by atoms with Crippen LogP contribution in [0.15, 0.2) is 42.5 Å². The fourth-order valence-electron chi connectivity index (χ4n) is 3.41. The van der Waals surface area contributed by atoms with Gasteiger partial charge in [-0.2, -0.15) is 0 Å². The molecule has 0 spiro atoms. The molecule has 0 saturated carbocycles. The zero-order valence-corrected chi connectivity index (χ0v) is 16.1. The van der Waals surface area contributed by atoms with Gasteiger partial charge in [0.2, 0.25) is 5.91 Å². The molecule has 0 fully saturated rings. The van der Waals surface area contributed by atoms with Gasteiger partial charge in [0.25, 0.3) is 0 Å². The van der Waals surface area contributed by atoms with Crippen molar-refractivity contribution >= 4 is 5.91 Å². The van der Waals surface area contributed by atoms with Crippen molar-refractivity contribution in [1.82, 2.24) is 0 Å². The van der Waals surface area contributed by atoms with E-state index in [0.29, 0.717) is 5.57 Å². The monoisotopic (exact) mass is 343 g/mol. The first-order valence-electron chi connectivity index (χ1n) is 10.2. The van der Waals surface area contributed by atoms with E-state index in [1.807, 2.05) is 18.2 Å². The van der Waals surface area contributed by atoms with Gasteiger partial charge in [-0.3, -0.25) is 4.79 Å². The van der Waals surface area contributed by atoms with Crippen molar-refractivity contribution in [2.45, 2.75) is 89.9 Å². The Bertz CT molecular complexity index is 480. The summed E-state index contributed by atoms with van der Waals surface area (Å²) in [6, 6.07) is 10.2. The number of unbranched alkanes of at least 4 members (excludes halogenated alkanes) is 10. The van der Waals surface area contributed by atoms with Crippen LogP contribution in [0.4, 0.5) is 0 Å². The van der Waals surface area contributed by atoms with E-state index < -0.39 is 0 Å². The molecule has 2 nitrogen and oxygen atoms in total. The molecule has 0 aromatic heterocycles. The number of nitrogens with two attached hydrogens (primary N) is 1. The topological polar surface area (TPSA) is 43.1 Å². The van der Waals surface area contributed by atoms with Gasteiger partial charge < -0.3 is 5.73 Å². The summed E-state index contributed by atoms with van der Waals surface area (Å²) in [5, 5.41) is 0. The maximum Gasteiger partial charge on any atom is 0.244 e. The zero-order valence-electron chi connectivity index (χ0n) is 16.1. The predicted octanol–water partition coefficient (Wildman–Crippen LogP) is 6.51. The molecule has 0 aliphatic rings. The van der Waals surface area contributed by atoms with Crippen molar-refractivity contribution in [3.8, 4) is 0 Å². The highest BCUT2D eigenvalue weighted by Gasteiger charge is 2.18. The lowest BCUT2D eigenvalue weighted by Gasteiger charge is -2.18. The van der Waals surface area contributed by atoms with Gasteiger partial charge in [-0.1, -0.05) is 114 Å². The summed E-state index contributed by atoms with van der Waals surface area (Å²) < 4.78 is 0. The second-order valence-corrected chi connectivity index (χ2v) is 7.18. The van der Waals surface area contributed by atoms with E-state index in [4.69, 9.17) is 5.73 Å². The molecule has 1 aromatic rings. The lowest BCUT2D eigenvalue weighted by atomic mass is 9.87. The summed E-state index contributed by atoms with van der Waals surface area (Å²) >= 11 is 0. The Kier molecular flexibility index (Phi) is 11.8. The van der Waals surface area contributed by atoms with Gasteiger partial charge >= 0.3 is 0 Å².